The molecule has 1 rings (SSSR count). The Labute approximate surface area is 101 Å². The van der Waals surface area contributed by atoms with Crippen molar-refractivity contribution in [2.45, 2.75) is 65.3 Å². The van der Waals surface area contributed by atoms with Gasteiger partial charge in [0, 0.05) is 12.6 Å². The standard InChI is InChI=1S/C14H29NO/c1-14(2,3)12-6-4-7-13(9-8-12)15-10-5-11-16/h12-13,15-16H,4-11H2,1-3H3. The van der Waals surface area contributed by atoms with Crippen molar-refractivity contribution in [2.24, 2.45) is 11.3 Å². The molecule has 0 aliphatic heterocycles. The predicted molar refractivity (Wildman–Crippen MR) is 69.5 cm³/mol. The monoisotopic (exact) mass is 227 g/mol. The van der Waals surface area contributed by atoms with Gasteiger partial charge in [-0.25, -0.2) is 0 Å². The molecule has 0 amide bonds. The first kappa shape index (κ1) is 14.0. The summed E-state index contributed by atoms with van der Waals surface area (Å²) in [5, 5.41) is 12.3. The van der Waals surface area contributed by atoms with Crippen molar-refractivity contribution < 1.29 is 5.11 Å². The smallest absolute Gasteiger partial charge is 0.0443 e. The maximum atomic E-state index is 8.76. The fraction of sp³-hybridized carbons (Fsp3) is 1.00. The highest BCUT2D eigenvalue weighted by Crippen LogP contribution is 2.36. The molecule has 0 radical (unpaired) electrons. The van der Waals surface area contributed by atoms with Crippen molar-refractivity contribution in [3.63, 3.8) is 0 Å². The molecule has 1 saturated carbocycles. The lowest BCUT2D eigenvalue weighted by molar-refractivity contribution is 0.213. The highest BCUT2D eigenvalue weighted by atomic mass is 16.3. The van der Waals surface area contributed by atoms with Gasteiger partial charge in [-0.2, -0.15) is 0 Å². The summed E-state index contributed by atoms with van der Waals surface area (Å²) in [6.07, 6.45) is 7.63. The summed E-state index contributed by atoms with van der Waals surface area (Å²) in [5.74, 6) is 0.886. The number of rotatable bonds is 4. The third-order valence-electron chi connectivity index (χ3n) is 3.96. The molecular weight excluding hydrogens is 198 g/mol. The summed E-state index contributed by atoms with van der Waals surface area (Å²) in [6.45, 7) is 8.40. The van der Waals surface area contributed by atoms with Gasteiger partial charge in [0.1, 0.15) is 0 Å². The van der Waals surface area contributed by atoms with Crippen LogP contribution in [-0.2, 0) is 0 Å². The van der Waals surface area contributed by atoms with Crippen molar-refractivity contribution in [3.8, 4) is 0 Å². The molecule has 1 aliphatic carbocycles. The van der Waals surface area contributed by atoms with Crippen molar-refractivity contribution >= 4 is 0 Å². The molecule has 0 aromatic carbocycles. The molecule has 2 N–H and O–H groups in total. The minimum atomic E-state index is 0.310. The Kier molecular flexibility index (Phi) is 5.77. The van der Waals surface area contributed by atoms with Crippen LogP contribution >= 0.6 is 0 Å². The lowest BCUT2D eigenvalue weighted by Crippen LogP contribution is -2.30. The van der Waals surface area contributed by atoms with Gasteiger partial charge in [-0.1, -0.05) is 27.2 Å². The van der Waals surface area contributed by atoms with Crippen LogP contribution in [0.2, 0.25) is 0 Å². The fourth-order valence-corrected chi connectivity index (χ4v) is 2.76. The highest BCUT2D eigenvalue weighted by molar-refractivity contribution is 4.81. The van der Waals surface area contributed by atoms with Gasteiger partial charge in [0.05, 0.1) is 0 Å². The SMILES string of the molecule is CC(C)(C)C1CCCC(NCCCO)CC1. The van der Waals surface area contributed by atoms with Crippen LogP contribution in [0.5, 0.6) is 0 Å². The van der Waals surface area contributed by atoms with Crippen LogP contribution in [0.3, 0.4) is 0 Å². The lowest BCUT2D eigenvalue weighted by atomic mass is 9.76. The van der Waals surface area contributed by atoms with Gasteiger partial charge in [0.15, 0.2) is 0 Å². The van der Waals surface area contributed by atoms with E-state index in [0.717, 1.165) is 18.9 Å². The summed E-state index contributed by atoms with van der Waals surface area (Å²) < 4.78 is 0. The van der Waals surface area contributed by atoms with E-state index in [1.165, 1.54) is 32.1 Å². The zero-order chi connectivity index (χ0) is 12.0. The van der Waals surface area contributed by atoms with E-state index in [2.05, 4.69) is 26.1 Å². The van der Waals surface area contributed by atoms with Gasteiger partial charge in [0.2, 0.25) is 0 Å². The number of nitrogens with one attached hydrogen (secondary N) is 1. The van der Waals surface area contributed by atoms with Crippen molar-refractivity contribution in [2.75, 3.05) is 13.2 Å². The molecule has 0 spiro atoms. The number of aliphatic hydroxyl groups excluding tert-OH is 1. The number of aliphatic hydroxyl groups is 1. The molecule has 0 aromatic heterocycles. The quantitative estimate of drug-likeness (QED) is 0.572. The van der Waals surface area contributed by atoms with Crippen molar-refractivity contribution in [3.05, 3.63) is 0 Å². The van der Waals surface area contributed by atoms with E-state index in [1.54, 1.807) is 0 Å². The summed E-state index contributed by atoms with van der Waals surface area (Å²) in [4.78, 5) is 0. The second kappa shape index (κ2) is 6.61. The maximum absolute atomic E-state index is 8.76. The third kappa shape index (κ3) is 4.84. The Bertz CT molecular complexity index is 186. The summed E-state index contributed by atoms with van der Waals surface area (Å²) in [6, 6.07) is 0.693. The van der Waals surface area contributed by atoms with Crippen LogP contribution in [0, 0.1) is 11.3 Å². The molecule has 0 heterocycles. The molecule has 2 nitrogen and oxygen atoms in total. The number of hydrogen-bond donors (Lipinski definition) is 2. The normalized spacial score (nSPS) is 27.8. The maximum Gasteiger partial charge on any atom is 0.0443 e. The molecule has 0 aromatic rings. The van der Waals surface area contributed by atoms with Gasteiger partial charge in [-0.15, -0.1) is 0 Å². The van der Waals surface area contributed by atoms with E-state index in [4.69, 9.17) is 5.11 Å². The Morgan fingerprint density at radius 2 is 1.88 bits per heavy atom. The second-order valence-corrected chi connectivity index (χ2v) is 6.30. The van der Waals surface area contributed by atoms with Crippen LogP contribution in [0.25, 0.3) is 0 Å². The Morgan fingerprint density at radius 3 is 2.50 bits per heavy atom. The fourth-order valence-electron chi connectivity index (χ4n) is 2.76. The van der Waals surface area contributed by atoms with Gasteiger partial charge in [-0.3, -0.25) is 0 Å². The molecule has 1 fully saturated rings. The molecule has 0 saturated heterocycles. The minimum absolute atomic E-state index is 0.310. The van der Waals surface area contributed by atoms with E-state index in [-0.39, 0.29) is 0 Å². The predicted octanol–water partition coefficient (Wildman–Crippen LogP) is 2.95. The molecule has 96 valence electrons. The van der Waals surface area contributed by atoms with E-state index < -0.39 is 0 Å². The van der Waals surface area contributed by atoms with Crippen molar-refractivity contribution in [1.29, 1.82) is 0 Å². The molecule has 2 unspecified atom stereocenters. The minimum Gasteiger partial charge on any atom is -0.396 e. The average Bonchev–Trinajstić information content (AvgIpc) is 2.43. The van der Waals surface area contributed by atoms with E-state index in [0.29, 0.717) is 18.1 Å². The molecule has 16 heavy (non-hydrogen) atoms. The third-order valence-corrected chi connectivity index (χ3v) is 3.96. The zero-order valence-corrected chi connectivity index (χ0v) is 11.3. The van der Waals surface area contributed by atoms with E-state index >= 15 is 0 Å². The van der Waals surface area contributed by atoms with E-state index in [9.17, 15) is 0 Å². The van der Waals surface area contributed by atoms with Crippen LogP contribution < -0.4 is 5.32 Å². The lowest BCUT2D eigenvalue weighted by Gasteiger charge is -2.29. The molecule has 0 bridgehead atoms. The van der Waals surface area contributed by atoms with Crippen molar-refractivity contribution in [1.82, 2.24) is 5.32 Å². The van der Waals surface area contributed by atoms with Gasteiger partial charge >= 0.3 is 0 Å². The topological polar surface area (TPSA) is 32.3 Å². The van der Waals surface area contributed by atoms with Crippen LogP contribution in [0.1, 0.15) is 59.3 Å². The average molecular weight is 227 g/mol. The summed E-state index contributed by atoms with van der Waals surface area (Å²) in [7, 11) is 0. The molecule has 1 aliphatic rings. The van der Waals surface area contributed by atoms with Crippen LogP contribution in [-0.4, -0.2) is 24.3 Å². The van der Waals surface area contributed by atoms with Crippen LogP contribution in [0.4, 0.5) is 0 Å². The second-order valence-electron chi connectivity index (χ2n) is 6.30. The summed E-state index contributed by atoms with van der Waals surface area (Å²) in [5.41, 5.74) is 0.472. The first-order chi connectivity index (χ1) is 7.54. The Morgan fingerprint density at radius 1 is 1.12 bits per heavy atom. The zero-order valence-electron chi connectivity index (χ0n) is 11.3. The van der Waals surface area contributed by atoms with Gasteiger partial charge < -0.3 is 10.4 Å². The first-order valence-electron chi connectivity index (χ1n) is 6.88. The van der Waals surface area contributed by atoms with Gasteiger partial charge in [-0.05, 0) is 50.0 Å². The Balaban J connectivity index is 2.29. The number of hydrogen-bond acceptors (Lipinski definition) is 2. The highest BCUT2D eigenvalue weighted by Gasteiger charge is 2.27. The molecule has 2 heteroatoms. The molecular formula is C14H29NO. The summed E-state index contributed by atoms with van der Waals surface area (Å²) >= 11 is 0. The van der Waals surface area contributed by atoms with Gasteiger partial charge in [0.25, 0.3) is 0 Å². The first-order valence-corrected chi connectivity index (χ1v) is 6.88. The van der Waals surface area contributed by atoms with Crippen LogP contribution in [0.15, 0.2) is 0 Å². The Hall–Kier alpha value is -0.0800. The largest absolute Gasteiger partial charge is 0.396 e. The van der Waals surface area contributed by atoms with E-state index in [1.807, 2.05) is 0 Å². The molecule has 2 atom stereocenters.